The minimum absolute atomic E-state index is 0.140. The van der Waals surface area contributed by atoms with E-state index in [1.165, 1.54) is 23.1 Å². The molecule has 21 heavy (non-hydrogen) atoms. The molecule has 1 fully saturated rings. The third kappa shape index (κ3) is 4.16. The molecule has 0 aromatic heterocycles. The van der Waals surface area contributed by atoms with Crippen molar-refractivity contribution in [2.24, 2.45) is 0 Å². The Bertz CT molecular complexity index is 550. The highest BCUT2D eigenvalue weighted by Crippen LogP contribution is 2.17. The first kappa shape index (κ1) is 15.2. The van der Waals surface area contributed by atoms with Crippen LogP contribution in [0.5, 0.6) is 0 Å². The summed E-state index contributed by atoms with van der Waals surface area (Å²) in [4.78, 5) is 24.3. The molecular weight excluding hydrogens is 279 g/mol. The molecule has 0 bridgehead atoms. The summed E-state index contributed by atoms with van der Waals surface area (Å²) in [5.74, 6) is -1.32. The number of benzene rings is 1. The number of nitrogens with one attached hydrogen (secondary N) is 1. The average molecular weight is 296 g/mol. The van der Waals surface area contributed by atoms with Crippen LogP contribution in [0.4, 0.5) is 14.9 Å². The van der Waals surface area contributed by atoms with Crippen molar-refractivity contribution in [2.45, 2.75) is 19.4 Å². The standard InChI is InChI=1S/C14H17FN2O4/c1-9-6-10(15)2-3-12(9)16-14(20)17-4-5-21-11(8-17)7-13(18)19/h2-3,6,11H,4-5,7-8H2,1H3,(H,16,20)(H,18,19). The number of urea groups is 1. The fourth-order valence-corrected chi connectivity index (χ4v) is 2.18. The van der Waals surface area contributed by atoms with Crippen molar-refractivity contribution in [3.8, 4) is 0 Å². The van der Waals surface area contributed by atoms with Gasteiger partial charge < -0.3 is 20.1 Å². The number of hydrogen-bond acceptors (Lipinski definition) is 3. The predicted molar refractivity (Wildman–Crippen MR) is 73.7 cm³/mol. The van der Waals surface area contributed by atoms with Gasteiger partial charge in [-0.1, -0.05) is 0 Å². The van der Waals surface area contributed by atoms with Crippen molar-refractivity contribution >= 4 is 17.7 Å². The van der Waals surface area contributed by atoms with Crippen LogP contribution in [-0.4, -0.2) is 47.8 Å². The van der Waals surface area contributed by atoms with E-state index in [2.05, 4.69) is 5.32 Å². The summed E-state index contributed by atoms with van der Waals surface area (Å²) < 4.78 is 18.3. The Morgan fingerprint density at radius 1 is 1.52 bits per heavy atom. The SMILES string of the molecule is Cc1cc(F)ccc1NC(=O)N1CCOC(CC(=O)O)C1. The fourth-order valence-electron chi connectivity index (χ4n) is 2.18. The maximum absolute atomic E-state index is 13.0. The number of aryl methyl sites for hydroxylation is 1. The Hall–Kier alpha value is -2.15. The number of halogens is 1. The van der Waals surface area contributed by atoms with Crippen LogP contribution in [0.1, 0.15) is 12.0 Å². The number of amides is 2. The molecule has 1 unspecified atom stereocenters. The highest BCUT2D eigenvalue weighted by Gasteiger charge is 2.26. The Morgan fingerprint density at radius 3 is 2.95 bits per heavy atom. The zero-order valence-corrected chi connectivity index (χ0v) is 11.6. The van der Waals surface area contributed by atoms with Gasteiger partial charge in [0.1, 0.15) is 5.82 Å². The van der Waals surface area contributed by atoms with Crippen LogP contribution in [0.3, 0.4) is 0 Å². The summed E-state index contributed by atoms with van der Waals surface area (Å²) in [7, 11) is 0. The molecule has 0 spiro atoms. The number of ether oxygens (including phenoxy) is 1. The lowest BCUT2D eigenvalue weighted by Gasteiger charge is -2.32. The van der Waals surface area contributed by atoms with Gasteiger partial charge in [0, 0.05) is 18.8 Å². The Kier molecular flexibility index (Phi) is 4.74. The first-order valence-corrected chi connectivity index (χ1v) is 6.61. The molecule has 114 valence electrons. The number of rotatable bonds is 3. The average Bonchev–Trinajstić information content (AvgIpc) is 2.41. The molecule has 0 saturated carbocycles. The number of nitrogens with zero attached hydrogens (tertiary/aromatic N) is 1. The molecule has 2 N–H and O–H groups in total. The Labute approximate surface area is 121 Å². The molecule has 1 atom stereocenters. The van der Waals surface area contributed by atoms with E-state index in [0.29, 0.717) is 24.4 Å². The van der Waals surface area contributed by atoms with Gasteiger partial charge in [-0.05, 0) is 30.7 Å². The van der Waals surface area contributed by atoms with E-state index in [1.54, 1.807) is 6.92 Å². The van der Waals surface area contributed by atoms with Gasteiger partial charge in [0.2, 0.25) is 0 Å². The van der Waals surface area contributed by atoms with E-state index in [0.717, 1.165) is 0 Å². The number of hydrogen-bond donors (Lipinski definition) is 2. The quantitative estimate of drug-likeness (QED) is 0.892. The van der Waals surface area contributed by atoms with Gasteiger partial charge in [-0.25, -0.2) is 9.18 Å². The van der Waals surface area contributed by atoms with Crippen LogP contribution in [0, 0.1) is 12.7 Å². The summed E-state index contributed by atoms with van der Waals surface area (Å²) in [5.41, 5.74) is 1.15. The zero-order chi connectivity index (χ0) is 15.4. The molecule has 6 nitrogen and oxygen atoms in total. The van der Waals surface area contributed by atoms with Gasteiger partial charge >= 0.3 is 12.0 Å². The minimum atomic E-state index is -0.961. The van der Waals surface area contributed by atoms with Crippen LogP contribution in [0.25, 0.3) is 0 Å². The van der Waals surface area contributed by atoms with Crippen LogP contribution < -0.4 is 5.32 Å². The fraction of sp³-hybridized carbons (Fsp3) is 0.429. The number of morpholine rings is 1. The lowest BCUT2D eigenvalue weighted by molar-refractivity contribution is -0.141. The lowest BCUT2D eigenvalue weighted by atomic mass is 10.2. The highest BCUT2D eigenvalue weighted by molar-refractivity contribution is 5.90. The molecule has 2 amide bonds. The predicted octanol–water partition coefficient (Wildman–Crippen LogP) is 1.84. The molecule has 1 heterocycles. The van der Waals surface area contributed by atoms with Gasteiger partial charge in [0.25, 0.3) is 0 Å². The number of carboxylic acid groups (broad SMARTS) is 1. The maximum atomic E-state index is 13.0. The van der Waals surface area contributed by atoms with E-state index in [4.69, 9.17) is 9.84 Å². The van der Waals surface area contributed by atoms with Crippen LogP contribution >= 0.6 is 0 Å². The molecule has 1 aliphatic rings. The molecular formula is C14H17FN2O4. The Balaban J connectivity index is 1.97. The third-order valence-corrected chi connectivity index (χ3v) is 3.26. The first-order chi connectivity index (χ1) is 9.95. The molecule has 0 radical (unpaired) electrons. The molecule has 1 aliphatic heterocycles. The summed E-state index contributed by atoms with van der Waals surface area (Å²) >= 11 is 0. The monoisotopic (exact) mass is 296 g/mol. The van der Waals surface area contributed by atoms with Gasteiger partial charge in [0.05, 0.1) is 19.1 Å². The van der Waals surface area contributed by atoms with Crippen LogP contribution in [-0.2, 0) is 9.53 Å². The number of carbonyl (C=O) groups is 2. The third-order valence-electron chi connectivity index (χ3n) is 3.26. The molecule has 0 aliphatic carbocycles. The van der Waals surface area contributed by atoms with Gasteiger partial charge in [-0.3, -0.25) is 4.79 Å². The van der Waals surface area contributed by atoms with Gasteiger partial charge in [-0.2, -0.15) is 0 Å². The summed E-state index contributed by atoms with van der Waals surface area (Å²) in [6, 6.07) is 3.76. The summed E-state index contributed by atoms with van der Waals surface area (Å²) in [5, 5.41) is 11.5. The van der Waals surface area contributed by atoms with E-state index in [9.17, 15) is 14.0 Å². The second kappa shape index (κ2) is 6.53. The second-order valence-electron chi connectivity index (χ2n) is 4.93. The minimum Gasteiger partial charge on any atom is -0.481 e. The van der Waals surface area contributed by atoms with Crippen molar-refractivity contribution < 1.29 is 23.8 Å². The smallest absolute Gasteiger partial charge is 0.322 e. The molecule has 2 rings (SSSR count). The first-order valence-electron chi connectivity index (χ1n) is 6.61. The molecule has 1 aromatic rings. The normalized spacial score (nSPS) is 18.4. The largest absolute Gasteiger partial charge is 0.481 e. The summed E-state index contributed by atoms with van der Waals surface area (Å²) in [6.07, 6.45) is -0.643. The van der Waals surface area contributed by atoms with Crippen molar-refractivity contribution in [2.75, 3.05) is 25.0 Å². The molecule has 1 saturated heterocycles. The number of aliphatic carboxylic acids is 1. The van der Waals surface area contributed by atoms with Crippen LogP contribution in [0.15, 0.2) is 18.2 Å². The topological polar surface area (TPSA) is 78.9 Å². The molecule has 7 heteroatoms. The van der Waals surface area contributed by atoms with Crippen molar-refractivity contribution in [1.82, 2.24) is 4.90 Å². The van der Waals surface area contributed by atoms with E-state index in [1.807, 2.05) is 0 Å². The number of carbonyl (C=O) groups excluding carboxylic acids is 1. The highest BCUT2D eigenvalue weighted by atomic mass is 19.1. The lowest BCUT2D eigenvalue weighted by Crippen LogP contribution is -2.47. The molecule has 1 aromatic carbocycles. The second-order valence-corrected chi connectivity index (χ2v) is 4.93. The van der Waals surface area contributed by atoms with Gasteiger partial charge in [-0.15, -0.1) is 0 Å². The summed E-state index contributed by atoms with van der Waals surface area (Å²) in [6.45, 7) is 2.61. The van der Waals surface area contributed by atoms with Crippen molar-refractivity contribution in [1.29, 1.82) is 0 Å². The van der Waals surface area contributed by atoms with Crippen molar-refractivity contribution in [3.63, 3.8) is 0 Å². The van der Waals surface area contributed by atoms with Crippen LogP contribution in [0.2, 0.25) is 0 Å². The van der Waals surface area contributed by atoms with E-state index < -0.39 is 12.1 Å². The van der Waals surface area contributed by atoms with E-state index in [-0.39, 0.29) is 24.8 Å². The van der Waals surface area contributed by atoms with Crippen molar-refractivity contribution in [3.05, 3.63) is 29.6 Å². The maximum Gasteiger partial charge on any atom is 0.322 e. The number of carboxylic acids is 1. The van der Waals surface area contributed by atoms with E-state index >= 15 is 0 Å². The number of anilines is 1. The Morgan fingerprint density at radius 2 is 2.29 bits per heavy atom. The zero-order valence-electron chi connectivity index (χ0n) is 11.6. The van der Waals surface area contributed by atoms with Gasteiger partial charge in [0.15, 0.2) is 0 Å².